The van der Waals surface area contributed by atoms with Crippen molar-refractivity contribution >= 4 is 59.4 Å². The molecule has 0 radical (unpaired) electrons. The van der Waals surface area contributed by atoms with Crippen LogP contribution in [0.5, 0.6) is 0 Å². The van der Waals surface area contributed by atoms with Gasteiger partial charge >= 0.3 is 24.0 Å². The lowest BCUT2D eigenvalue weighted by molar-refractivity contribution is -0.283. The minimum Gasteiger partial charge on any atom is -0.463 e. The van der Waals surface area contributed by atoms with Crippen molar-refractivity contribution < 1.29 is 140 Å². The molecule has 6 unspecified atom stereocenters. The Labute approximate surface area is 643 Å². The van der Waals surface area contributed by atoms with Gasteiger partial charge in [0.1, 0.15) is 55.8 Å². The summed E-state index contributed by atoms with van der Waals surface area (Å²) in [6, 6.07) is 8.28. The van der Waals surface area contributed by atoms with Crippen molar-refractivity contribution in [2.75, 3.05) is 125 Å². The number of rotatable bonds is 60. The number of benzene rings is 1. The number of nitrogens with one attached hydrogen (secondary N) is 7. The van der Waals surface area contributed by atoms with Crippen LogP contribution >= 0.6 is 0 Å². The van der Waals surface area contributed by atoms with Crippen molar-refractivity contribution in [1.29, 1.82) is 0 Å². The highest BCUT2D eigenvalue weighted by molar-refractivity contribution is 5.78. The molecule has 1 aromatic rings. The number of hydrogen-bond donors (Lipinski definition) is 14. The lowest BCUT2D eigenvalue weighted by Gasteiger charge is -2.41. The van der Waals surface area contributed by atoms with E-state index in [9.17, 15) is 78.6 Å². The molecule has 2 saturated heterocycles. The number of amides is 7. The second-order valence-corrected chi connectivity index (χ2v) is 27.2. The van der Waals surface area contributed by atoms with E-state index in [-0.39, 0.29) is 199 Å². The maximum atomic E-state index is 13.7. The fraction of sp³-hybridized carbons (Fsp3) is 0.781. The van der Waals surface area contributed by atoms with Crippen LogP contribution in [0, 0.1) is 11.8 Å². The smallest absolute Gasteiger partial charge is 0.407 e. The first-order valence-electron chi connectivity index (χ1n) is 38.0. The third kappa shape index (κ3) is 43.8. The predicted molar refractivity (Wildman–Crippen MR) is 390 cm³/mol. The van der Waals surface area contributed by atoms with Crippen LogP contribution in [0.25, 0.3) is 0 Å². The van der Waals surface area contributed by atoms with Crippen molar-refractivity contribution in [2.45, 2.75) is 230 Å². The van der Waals surface area contributed by atoms with E-state index in [0.29, 0.717) is 70.6 Å². The summed E-state index contributed by atoms with van der Waals surface area (Å²) in [7, 11) is 0. The molecule has 2 heterocycles. The Balaban J connectivity index is 1.52. The molecule has 2 aliphatic rings. The fourth-order valence-corrected chi connectivity index (χ4v) is 10.9. The number of aryl methyl sites for hydroxylation is 1. The molecule has 15 N–H and O–H groups in total. The Morgan fingerprint density at radius 3 is 1.24 bits per heavy atom. The highest BCUT2D eigenvalue weighted by Crippen LogP contribution is 2.29. The lowest BCUT2D eigenvalue weighted by atomic mass is 9.92. The second kappa shape index (κ2) is 57.2. The number of esters is 3. The van der Waals surface area contributed by atoms with E-state index >= 15 is 0 Å². The van der Waals surface area contributed by atoms with Gasteiger partial charge in [-0.1, -0.05) is 44.2 Å². The standard InChI is InChI=1S/C73H124N8O29/c1-48(42-105-51(4)82)108-71(63(74)68(95)96)103-37-15-12-25-59(87)77-31-19-34-80-62(90)28-41-100-47-73(81-72(97)104-38-16-22-54-20-8-7-9-21-54,45-98-39-26-60(88)78-32-17-29-75-57(85)23-10-13-35-101-69-49(2)64(91)66(93)55(109-69)43-106-52(5)83)46-99-40-27-61(89)79-33-18-30-76-58(86)24-11-14-36-102-70-50(3)65(92)67(94)56(110-70)44-107-53(6)84/h7-9,20-21,48-50,55-56,63-71,91-96H,10-19,22-47,74H2,1-6H3,(H,75,85)(H,76,86)(H,77,87)(H,78,88)(H,79,89)(H,80,90)(H,81,97)/t48?,49-,50-,55?,56?,63?,64?,65?,66-,67-,69+,70+,71+,73?/m0/s1. The van der Waals surface area contributed by atoms with Crippen LogP contribution in [0.4, 0.5) is 4.79 Å². The predicted octanol–water partition coefficient (Wildman–Crippen LogP) is -1.04. The van der Waals surface area contributed by atoms with Gasteiger partial charge in [-0.25, -0.2) is 4.79 Å². The van der Waals surface area contributed by atoms with Gasteiger partial charge in [-0.15, -0.1) is 0 Å². The van der Waals surface area contributed by atoms with Crippen LogP contribution < -0.4 is 43.0 Å². The molecule has 1 aromatic carbocycles. The Bertz CT molecular complexity index is 2700. The van der Waals surface area contributed by atoms with Gasteiger partial charge in [0.05, 0.1) is 64.6 Å². The van der Waals surface area contributed by atoms with E-state index < -0.39 is 115 Å². The average Bonchev–Trinajstić information content (AvgIpc) is 0.826. The fourth-order valence-electron chi connectivity index (χ4n) is 10.9. The highest BCUT2D eigenvalue weighted by atomic mass is 16.7. The van der Waals surface area contributed by atoms with Gasteiger partial charge in [-0.2, -0.15) is 0 Å². The van der Waals surface area contributed by atoms with E-state index in [1.807, 2.05) is 30.3 Å². The number of aliphatic hydroxyl groups is 6. The zero-order chi connectivity index (χ0) is 81.1. The van der Waals surface area contributed by atoms with Crippen LogP contribution in [0.15, 0.2) is 30.3 Å². The van der Waals surface area contributed by atoms with Gasteiger partial charge in [0.2, 0.25) is 35.4 Å². The van der Waals surface area contributed by atoms with Crippen molar-refractivity contribution in [3.63, 3.8) is 0 Å². The van der Waals surface area contributed by atoms with E-state index in [2.05, 4.69) is 37.2 Å². The molecule has 0 aliphatic carbocycles. The number of ether oxygens (including phenoxy) is 13. The van der Waals surface area contributed by atoms with E-state index in [0.717, 1.165) is 5.56 Å². The van der Waals surface area contributed by atoms with E-state index in [4.69, 9.17) is 67.3 Å². The topological polar surface area (TPSA) is 522 Å². The number of unbranched alkanes of at least 4 members (excludes halogenated alkanes) is 3. The van der Waals surface area contributed by atoms with Gasteiger partial charge < -0.3 is 135 Å². The molecule has 37 heteroatoms. The molecule has 2 aliphatic heterocycles. The Kier molecular flexibility index (Phi) is 50.5. The van der Waals surface area contributed by atoms with E-state index in [1.165, 1.54) is 20.8 Å². The van der Waals surface area contributed by atoms with Crippen molar-refractivity contribution in [3.05, 3.63) is 35.9 Å². The number of carbonyl (C=O) groups excluding carboxylic acids is 10. The monoisotopic (exact) mass is 1580 g/mol. The largest absolute Gasteiger partial charge is 0.463 e. The number of carbonyl (C=O) groups is 10. The molecular formula is C73H124N8O29. The minimum absolute atomic E-state index is 0.0336. The minimum atomic E-state index is -1.95. The zero-order valence-corrected chi connectivity index (χ0v) is 64.6. The SMILES string of the molecule is CC(=O)OCC(C)O[C@@H](OCCCCC(=O)NCCCNC(=O)CCOCC(COCCC(=O)NCCCNC(=O)CCCCO[C@@H]1OC(COC(C)=O)[C@H](O)C(O)[C@@H]1C)(COCCC(=O)NCCCNC(=O)CCCCO[C@@H]1OC(COC(C)=O)[C@H](O)C(O)[C@@H]1C)NC(=O)OCCCc1ccccc1)C(N)C(O)O. The van der Waals surface area contributed by atoms with E-state index in [1.54, 1.807) is 20.8 Å². The van der Waals surface area contributed by atoms with Gasteiger partial charge in [0, 0.05) is 130 Å². The van der Waals surface area contributed by atoms with Crippen molar-refractivity contribution in [2.24, 2.45) is 17.6 Å². The first-order chi connectivity index (χ1) is 52.6. The lowest BCUT2D eigenvalue weighted by Crippen LogP contribution is -2.59. The molecule has 13 atom stereocenters. The quantitative estimate of drug-likeness (QED) is 0.0160. The summed E-state index contributed by atoms with van der Waals surface area (Å²) in [5, 5.41) is 80.4. The number of aliphatic hydroxyl groups excluding tert-OH is 5. The molecule has 0 saturated carbocycles. The molecule has 7 amide bonds. The first kappa shape index (κ1) is 97.3. The third-order valence-corrected chi connectivity index (χ3v) is 17.3. The molecule has 110 heavy (non-hydrogen) atoms. The maximum Gasteiger partial charge on any atom is 0.407 e. The van der Waals surface area contributed by atoms with Gasteiger partial charge in [-0.05, 0) is 83.1 Å². The summed E-state index contributed by atoms with van der Waals surface area (Å²) in [5.41, 5.74) is 5.36. The highest BCUT2D eigenvalue weighted by Gasteiger charge is 2.45. The van der Waals surface area contributed by atoms with Crippen LogP contribution in [0.3, 0.4) is 0 Å². The molecule has 0 spiro atoms. The average molecular weight is 1580 g/mol. The van der Waals surface area contributed by atoms with Gasteiger partial charge in [0.15, 0.2) is 25.2 Å². The number of hydrogen-bond acceptors (Lipinski definition) is 30. The zero-order valence-electron chi connectivity index (χ0n) is 64.6. The summed E-state index contributed by atoms with van der Waals surface area (Å²) in [5.74, 6) is -4.57. The van der Waals surface area contributed by atoms with Crippen LogP contribution in [-0.2, 0) is 111 Å². The maximum absolute atomic E-state index is 13.7. The van der Waals surface area contributed by atoms with Gasteiger partial charge in [0.25, 0.3) is 0 Å². The Morgan fingerprint density at radius 1 is 0.473 bits per heavy atom. The molecule has 3 rings (SSSR count). The number of nitrogens with two attached hydrogens (primary N) is 1. The summed E-state index contributed by atoms with van der Waals surface area (Å²) >= 11 is 0. The van der Waals surface area contributed by atoms with Crippen LogP contribution in [0.2, 0.25) is 0 Å². The van der Waals surface area contributed by atoms with Crippen molar-refractivity contribution in [3.8, 4) is 0 Å². The summed E-state index contributed by atoms with van der Waals surface area (Å²) in [6.45, 7) is 8.65. The third-order valence-electron chi connectivity index (χ3n) is 17.3. The number of alkyl carbamates (subject to hydrolysis) is 1. The molecule has 630 valence electrons. The summed E-state index contributed by atoms with van der Waals surface area (Å²) < 4.78 is 72.8. The molecular weight excluding hydrogens is 1450 g/mol. The summed E-state index contributed by atoms with van der Waals surface area (Å²) in [4.78, 5) is 124. The van der Waals surface area contributed by atoms with Crippen LogP contribution in [-0.4, -0.2) is 295 Å². The Hall–Kier alpha value is -6.92. The van der Waals surface area contributed by atoms with Crippen LogP contribution in [0.1, 0.15) is 150 Å². The molecule has 2 fully saturated rings. The van der Waals surface area contributed by atoms with Gasteiger partial charge in [-0.3, -0.25) is 43.2 Å². The molecule has 0 bridgehead atoms. The first-order valence-corrected chi connectivity index (χ1v) is 38.0. The Morgan fingerprint density at radius 2 is 0.855 bits per heavy atom. The second-order valence-electron chi connectivity index (χ2n) is 27.2. The molecule has 0 aromatic heterocycles. The van der Waals surface area contributed by atoms with Crippen molar-refractivity contribution in [1.82, 2.24) is 37.2 Å². The summed E-state index contributed by atoms with van der Waals surface area (Å²) in [6.07, 6.45) is -7.99. The normalized spacial score (nSPS) is 21.0. The molecule has 37 nitrogen and oxygen atoms in total.